The highest BCUT2D eigenvalue weighted by Crippen LogP contribution is 2.25. The molecule has 1 atom stereocenters. The summed E-state index contributed by atoms with van der Waals surface area (Å²) in [5.74, 6) is -0.0166. The van der Waals surface area contributed by atoms with Crippen LogP contribution in [-0.4, -0.2) is 48.0 Å². The Morgan fingerprint density at radius 1 is 1.03 bits per heavy atom. The highest BCUT2D eigenvalue weighted by atomic mass is 32.2. The van der Waals surface area contributed by atoms with Gasteiger partial charge in [0.15, 0.2) is 0 Å². The highest BCUT2D eigenvalue weighted by Gasteiger charge is 2.31. The van der Waals surface area contributed by atoms with Crippen molar-refractivity contribution in [2.45, 2.75) is 24.3 Å². The van der Waals surface area contributed by atoms with E-state index in [1.165, 1.54) is 4.90 Å². The van der Waals surface area contributed by atoms with Gasteiger partial charge in [0.1, 0.15) is 0 Å². The number of carbonyl (C=O) groups is 2. The minimum absolute atomic E-state index is 0.0182. The summed E-state index contributed by atoms with van der Waals surface area (Å²) in [6, 6.07) is 22.1. The van der Waals surface area contributed by atoms with Gasteiger partial charge >= 0.3 is 0 Å². The molecule has 1 aliphatic heterocycles. The number of rotatable bonds is 5. The number of nitrogens with zero attached hydrogens (tertiary/aromatic N) is 2. The molecule has 0 bridgehead atoms. The van der Waals surface area contributed by atoms with Crippen molar-refractivity contribution in [2.75, 3.05) is 26.4 Å². The summed E-state index contributed by atoms with van der Waals surface area (Å²) in [6.07, 6.45) is 3.73. The van der Waals surface area contributed by atoms with Gasteiger partial charge in [0.25, 0.3) is 5.91 Å². The Morgan fingerprint density at radius 3 is 2.55 bits per heavy atom. The molecule has 2 amide bonds. The first kappa shape index (κ1) is 21.4. The Balaban J connectivity index is 1.44. The molecule has 0 spiro atoms. The lowest BCUT2D eigenvalue weighted by molar-refractivity contribution is -0.136. The molecule has 5 heteroatoms. The van der Waals surface area contributed by atoms with Crippen molar-refractivity contribution in [3.8, 4) is 0 Å². The van der Waals surface area contributed by atoms with E-state index < -0.39 is 0 Å². The van der Waals surface area contributed by atoms with E-state index in [2.05, 4.69) is 30.5 Å². The minimum Gasteiger partial charge on any atom is -0.341 e. The Hall–Kier alpha value is -2.79. The molecule has 1 fully saturated rings. The summed E-state index contributed by atoms with van der Waals surface area (Å²) in [4.78, 5) is 31.3. The first-order chi connectivity index (χ1) is 15.1. The van der Waals surface area contributed by atoms with Crippen LogP contribution in [0, 0.1) is 5.92 Å². The molecule has 0 N–H and O–H groups in total. The number of benzene rings is 3. The topological polar surface area (TPSA) is 40.6 Å². The maximum atomic E-state index is 13.3. The Morgan fingerprint density at radius 2 is 1.77 bits per heavy atom. The van der Waals surface area contributed by atoms with Gasteiger partial charge in [-0.2, -0.15) is 0 Å². The maximum absolute atomic E-state index is 13.3. The van der Waals surface area contributed by atoms with E-state index in [9.17, 15) is 9.59 Å². The highest BCUT2D eigenvalue weighted by molar-refractivity contribution is 7.98. The normalized spacial score (nSPS) is 16.3. The van der Waals surface area contributed by atoms with Crippen LogP contribution in [0.5, 0.6) is 0 Å². The molecule has 4 rings (SSSR count). The van der Waals surface area contributed by atoms with Crippen molar-refractivity contribution < 1.29 is 9.59 Å². The monoisotopic (exact) mass is 432 g/mol. The number of hydrogen-bond acceptors (Lipinski definition) is 3. The van der Waals surface area contributed by atoms with Crippen molar-refractivity contribution in [3.05, 3.63) is 77.9 Å². The summed E-state index contributed by atoms with van der Waals surface area (Å²) in [6.45, 7) is 1.77. The number of likely N-dealkylation sites (tertiary alicyclic amines) is 1. The molecule has 1 saturated heterocycles. The number of piperidine rings is 1. The number of hydrogen-bond donors (Lipinski definition) is 0. The summed E-state index contributed by atoms with van der Waals surface area (Å²) >= 11 is 1.71. The Kier molecular flexibility index (Phi) is 6.62. The molecule has 1 heterocycles. The lowest BCUT2D eigenvalue weighted by Gasteiger charge is -2.34. The van der Waals surface area contributed by atoms with E-state index in [4.69, 9.17) is 0 Å². The molecule has 0 saturated carbocycles. The second-order valence-corrected chi connectivity index (χ2v) is 9.04. The van der Waals surface area contributed by atoms with Gasteiger partial charge in [0.05, 0.1) is 5.92 Å². The van der Waals surface area contributed by atoms with Crippen molar-refractivity contribution in [1.29, 1.82) is 0 Å². The summed E-state index contributed by atoms with van der Waals surface area (Å²) in [7, 11) is 1.86. The molecule has 0 aliphatic carbocycles. The fraction of sp³-hybridized carbons (Fsp3) is 0.308. The largest absolute Gasteiger partial charge is 0.341 e. The zero-order chi connectivity index (χ0) is 21.8. The van der Waals surface area contributed by atoms with Gasteiger partial charge < -0.3 is 9.80 Å². The molecule has 160 valence electrons. The molecule has 0 unspecified atom stereocenters. The number of fused-ring (bicyclic) bond motifs is 1. The lowest BCUT2D eigenvalue weighted by Crippen LogP contribution is -2.45. The smallest absolute Gasteiger partial charge is 0.254 e. The van der Waals surface area contributed by atoms with Gasteiger partial charge in [-0.25, -0.2) is 0 Å². The van der Waals surface area contributed by atoms with Crippen molar-refractivity contribution >= 4 is 34.3 Å². The van der Waals surface area contributed by atoms with Crippen molar-refractivity contribution in [2.24, 2.45) is 5.92 Å². The summed E-state index contributed by atoms with van der Waals surface area (Å²) in [5.41, 5.74) is 1.83. The first-order valence-electron chi connectivity index (χ1n) is 10.7. The third-order valence-electron chi connectivity index (χ3n) is 6.03. The van der Waals surface area contributed by atoms with Crippen LogP contribution in [0.4, 0.5) is 0 Å². The molecule has 1 aliphatic rings. The van der Waals surface area contributed by atoms with Crippen LogP contribution >= 0.6 is 11.8 Å². The zero-order valence-electron chi connectivity index (χ0n) is 18.1. The Labute approximate surface area is 188 Å². The molecule has 0 aromatic heterocycles. The van der Waals surface area contributed by atoms with Gasteiger partial charge in [-0.3, -0.25) is 9.59 Å². The standard InChI is InChI=1S/C26H28N2O2S/c1-27(17-19-12-14-22(31-2)15-13-19)25(29)21-9-6-16-28(18-21)26(30)24-11-5-8-20-7-3-4-10-23(20)24/h3-5,7-8,10-15,21H,6,9,16-18H2,1-2H3/t21-/m0/s1. The predicted molar refractivity (Wildman–Crippen MR) is 127 cm³/mol. The van der Waals surface area contributed by atoms with Crippen molar-refractivity contribution in [3.63, 3.8) is 0 Å². The second-order valence-electron chi connectivity index (χ2n) is 8.16. The molecular formula is C26H28N2O2S. The van der Waals surface area contributed by atoms with Gasteiger partial charge in [-0.15, -0.1) is 11.8 Å². The van der Waals surface area contributed by atoms with Crippen molar-refractivity contribution in [1.82, 2.24) is 9.80 Å². The fourth-order valence-corrected chi connectivity index (χ4v) is 4.75. The number of carbonyl (C=O) groups excluding carboxylic acids is 2. The molecular weight excluding hydrogens is 404 g/mol. The lowest BCUT2D eigenvalue weighted by atomic mass is 9.95. The number of thioether (sulfide) groups is 1. The molecule has 31 heavy (non-hydrogen) atoms. The fourth-order valence-electron chi connectivity index (χ4n) is 4.34. The second kappa shape index (κ2) is 9.56. The predicted octanol–water partition coefficient (Wildman–Crippen LogP) is 5.07. The van der Waals surface area contributed by atoms with E-state index in [1.54, 1.807) is 16.7 Å². The van der Waals surface area contributed by atoms with E-state index in [-0.39, 0.29) is 17.7 Å². The first-order valence-corrected chi connectivity index (χ1v) is 11.9. The number of amides is 2. The van der Waals surface area contributed by atoms with Crippen LogP contribution in [0.15, 0.2) is 71.6 Å². The molecule has 3 aromatic carbocycles. The van der Waals surface area contributed by atoms with E-state index in [1.807, 2.05) is 54.4 Å². The average molecular weight is 433 g/mol. The quantitative estimate of drug-likeness (QED) is 0.529. The summed E-state index contributed by atoms with van der Waals surface area (Å²) < 4.78 is 0. The maximum Gasteiger partial charge on any atom is 0.254 e. The molecule has 4 nitrogen and oxygen atoms in total. The van der Waals surface area contributed by atoms with Gasteiger partial charge in [-0.1, -0.05) is 48.5 Å². The molecule has 3 aromatic rings. The third kappa shape index (κ3) is 4.77. The van der Waals surface area contributed by atoms with Gasteiger partial charge in [-0.05, 0) is 53.6 Å². The van der Waals surface area contributed by atoms with Crippen LogP contribution in [0.2, 0.25) is 0 Å². The minimum atomic E-state index is -0.150. The van der Waals surface area contributed by atoms with Gasteiger partial charge in [0, 0.05) is 37.1 Å². The van der Waals surface area contributed by atoms with Crippen LogP contribution in [-0.2, 0) is 11.3 Å². The summed E-state index contributed by atoms with van der Waals surface area (Å²) in [5, 5.41) is 2.03. The van der Waals surface area contributed by atoms with Crippen LogP contribution in [0.3, 0.4) is 0 Å². The average Bonchev–Trinajstić information content (AvgIpc) is 2.83. The van der Waals surface area contributed by atoms with Gasteiger partial charge in [0.2, 0.25) is 5.91 Å². The zero-order valence-corrected chi connectivity index (χ0v) is 18.9. The third-order valence-corrected chi connectivity index (χ3v) is 6.78. The van der Waals surface area contributed by atoms with E-state index in [0.717, 1.165) is 29.2 Å². The van der Waals surface area contributed by atoms with Crippen LogP contribution < -0.4 is 0 Å². The van der Waals surface area contributed by atoms with Crippen LogP contribution in [0.25, 0.3) is 10.8 Å². The molecule has 0 radical (unpaired) electrons. The van der Waals surface area contributed by atoms with Crippen LogP contribution in [0.1, 0.15) is 28.8 Å². The SMILES string of the molecule is CSc1ccc(CN(C)C(=O)[C@H]2CCCN(C(=O)c3cccc4ccccc34)C2)cc1. The van der Waals surface area contributed by atoms with E-state index >= 15 is 0 Å². The Bertz CT molecular complexity index is 1070. The van der Waals surface area contributed by atoms with E-state index in [0.29, 0.717) is 25.2 Å².